The fraction of sp³-hybridized carbons (Fsp3) is 0.350. The molecule has 2 heterocycles. The summed E-state index contributed by atoms with van der Waals surface area (Å²) in [4.78, 5) is 40.2. The number of ether oxygens (including phenoxy) is 2. The van der Waals surface area contributed by atoms with Gasteiger partial charge < -0.3 is 19.5 Å². The average Bonchev–Trinajstić information content (AvgIpc) is 3.18. The molecule has 160 valence electrons. The molecule has 1 N–H and O–H groups in total. The highest BCUT2D eigenvalue weighted by atomic mass is 32.1. The number of amides is 2. The van der Waals surface area contributed by atoms with E-state index in [1.807, 2.05) is 13.0 Å². The zero-order valence-electron chi connectivity index (χ0n) is 16.3. The van der Waals surface area contributed by atoms with Crippen LogP contribution in [0.1, 0.15) is 14.5 Å². The lowest BCUT2D eigenvalue weighted by Gasteiger charge is -2.28. The van der Waals surface area contributed by atoms with E-state index >= 15 is 0 Å². The molecule has 8 nitrogen and oxygen atoms in total. The minimum atomic E-state index is -1.18. The van der Waals surface area contributed by atoms with Crippen LogP contribution in [0.15, 0.2) is 36.4 Å². The monoisotopic (exact) mass is 450 g/mol. The van der Waals surface area contributed by atoms with Crippen molar-refractivity contribution in [3.8, 4) is 0 Å². The molecule has 3 rings (SSSR count). The number of aryl methyl sites for hydroxylation is 1. The van der Waals surface area contributed by atoms with Crippen LogP contribution in [0.2, 0.25) is 0 Å². The lowest BCUT2D eigenvalue weighted by atomic mass is 10.2. The molecular weight excluding hydrogens is 428 g/mol. The summed E-state index contributed by atoms with van der Waals surface area (Å²) in [5.41, 5.74) is 1.07. The van der Waals surface area contributed by atoms with Crippen LogP contribution in [0.25, 0.3) is 0 Å². The molecule has 2 aromatic rings. The summed E-state index contributed by atoms with van der Waals surface area (Å²) in [5.74, 6) is -0.478. The third-order valence-corrected chi connectivity index (χ3v) is 5.88. The van der Waals surface area contributed by atoms with Crippen molar-refractivity contribution >= 4 is 53.3 Å². The number of esters is 1. The number of hydrogen-bond donors (Lipinski definition) is 2. The molecule has 30 heavy (non-hydrogen) atoms. The van der Waals surface area contributed by atoms with E-state index in [0.717, 1.165) is 9.78 Å². The van der Waals surface area contributed by atoms with Crippen molar-refractivity contribution in [2.75, 3.05) is 41.9 Å². The first-order valence-corrected chi connectivity index (χ1v) is 10.7. The molecule has 10 heteroatoms. The Kier molecular flexibility index (Phi) is 7.35. The van der Waals surface area contributed by atoms with E-state index in [-0.39, 0.29) is 24.8 Å². The SMILES string of the molecule is Cc1ccc(C(=O)OC(CS)CN(C(=O)O)c2ccc(N3CCOCC3=O)cc2)s1. The first kappa shape index (κ1) is 22.1. The van der Waals surface area contributed by atoms with E-state index in [0.29, 0.717) is 29.4 Å². The Hall–Kier alpha value is -2.56. The third kappa shape index (κ3) is 5.32. The minimum Gasteiger partial charge on any atom is -0.465 e. The minimum absolute atomic E-state index is 0.0295. The Labute approximate surface area is 183 Å². The molecule has 1 fully saturated rings. The van der Waals surface area contributed by atoms with Crippen LogP contribution < -0.4 is 9.80 Å². The number of carbonyl (C=O) groups excluding carboxylic acids is 2. The van der Waals surface area contributed by atoms with E-state index in [1.54, 1.807) is 35.2 Å². The zero-order valence-corrected chi connectivity index (χ0v) is 18.0. The van der Waals surface area contributed by atoms with Gasteiger partial charge in [-0.25, -0.2) is 9.59 Å². The second kappa shape index (κ2) is 9.96. The molecule has 0 spiro atoms. The van der Waals surface area contributed by atoms with Crippen molar-refractivity contribution in [2.24, 2.45) is 0 Å². The second-order valence-corrected chi connectivity index (χ2v) is 8.28. The molecule has 0 radical (unpaired) electrons. The molecule has 1 aromatic heterocycles. The van der Waals surface area contributed by atoms with Gasteiger partial charge in [0.2, 0.25) is 0 Å². The van der Waals surface area contributed by atoms with Crippen LogP contribution in [0.4, 0.5) is 16.2 Å². The maximum Gasteiger partial charge on any atom is 0.411 e. The lowest BCUT2D eigenvalue weighted by Crippen LogP contribution is -2.41. The number of carboxylic acid groups (broad SMARTS) is 1. The highest BCUT2D eigenvalue weighted by Gasteiger charge is 2.24. The van der Waals surface area contributed by atoms with Gasteiger partial charge in [0, 0.05) is 28.5 Å². The van der Waals surface area contributed by atoms with E-state index in [1.165, 1.54) is 11.3 Å². The van der Waals surface area contributed by atoms with E-state index < -0.39 is 18.2 Å². The predicted octanol–water partition coefficient (Wildman–Crippen LogP) is 3.06. The Morgan fingerprint density at radius 3 is 2.60 bits per heavy atom. The molecule has 0 saturated carbocycles. The number of morpholine rings is 1. The van der Waals surface area contributed by atoms with Gasteiger partial charge in [-0.05, 0) is 43.3 Å². The van der Waals surface area contributed by atoms with Gasteiger partial charge in [0.25, 0.3) is 5.91 Å². The summed E-state index contributed by atoms with van der Waals surface area (Å²) < 4.78 is 10.6. The van der Waals surface area contributed by atoms with Crippen LogP contribution >= 0.6 is 24.0 Å². The number of benzene rings is 1. The molecule has 0 aliphatic carbocycles. The fourth-order valence-corrected chi connectivity index (χ4v) is 3.93. The molecule has 1 atom stereocenters. The maximum atomic E-state index is 12.3. The fourth-order valence-electron chi connectivity index (χ4n) is 2.99. The molecule has 1 saturated heterocycles. The standard InChI is InChI=1S/C20H22N2O6S2/c1-13-2-7-17(30-13)19(24)28-16(12-29)10-22(20(25)26)15-5-3-14(4-6-15)21-8-9-27-11-18(21)23/h2-7,16,29H,8-12H2,1H3,(H,25,26). The van der Waals surface area contributed by atoms with Gasteiger partial charge in [0.1, 0.15) is 17.6 Å². The third-order valence-electron chi connectivity index (χ3n) is 4.49. The molecule has 1 aliphatic rings. The number of thiophene rings is 1. The Balaban J connectivity index is 1.70. The number of rotatable bonds is 7. The largest absolute Gasteiger partial charge is 0.465 e. The molecule has 1 aromatic carbocycles. The number of nitrogens with zero attached hydrogens (tertiary/aromatic N) is 2. The van der Waals surface area contributed by atoms with Crippen molar-refractivity contribution in [3.63, 3.8) is 0 Å². The van der Waals surface area contributed by atoms with Crippen molar-refractivity contribution in [1.29, 1.82) is 0 Å². The van der Waals surface area contributed by atoms with Gasteiger partial charge in [0.15, 0.2) is 0 Å². The second-order valence-electron chi connectivity index (χ2n) is 6.63. The Morgan fingerprint density at radius 1 is 1.30 bits per heavy atom. The maximum absolute atomic E-state index is 12.3. The van der Waals surface area contributed by atoms with Gasteiger partial charge in [-0.1, -0.05) is 0 Å². The van der Waals surface area contributed by atoms with E-state index in [9.17, 15) is 19.5 Å². The van der Waals surface area contributed by atoms with Crippen molar-refractivity contribution in [3.05, 3.63) is 46.2 Å². The summed E-state index contributed by atoms with van der Waals surface area (Å²) in [6.45, 7) is 2.75. The summed E-state index contributed by atoms with van der Waals surface area (Å²) >= 11 is 5.52. The molecule has 1 aliphatic heterocycles. The Bertz CT molecular complexity index is 914. The van der Waals surface area contributed by atoms with Gasteiger partial charge in [0.05, 0.1) is 13.2 Å². The van der Waals surface area contributed by atoms with E-state index in [4.69, 9.17) is 9.47 Å². The van der Waals surface area contributed by atoms with Crippen molar-refractivity contribution in [2.45, 2.75) is 13.0 Å². The van der Waals surface area contributed by atoms with Gasteiger partial charge in [-0.3, -0.25) is 9.69 Å². The number of carbonyl (C=O) groups is 3. The van der Waals surface area contributed by atoms with Crippen LogP contribution in [0, 0.1) is 6.92 Å². The van der Waals surface area contributed by atoms with Crippen molar-refractivity contribution in [1.82, 2.24) is 0 Å². The molecule has 2 amide bonds. The van der Waals surface area contributed by atoms with Gasteiger partial charge in [-0.2, -0.15) is 12.6 Å². The Morgan fingerprint density at radius 2 is 2.03 bits per heavy atom. The number of anilines is 2. The van der Waals surface area contributed by atoms with Crippen LogP contribution in [-0.2, 0) is 14.3 Å². The topological polar surface area (TPSA) is 96.4 Å². The normalized spacial score (nSPS) is 15.0. The summed E-state index contributed by atoms with van der Waals surface area (Å²) in [7, 11) is 0. The van der Waals surface area contributed by atoms with Crippen LogP contribution in [0.3, 0.4) is 0 Å². The quantitative estimate of drug-likeness (QED) is 0.497. The first-order chi connectivity index (χ1) is 14.4. The lowest BCUT2D eigenvalue weighted by molar-refractivity contribution is -0.125. The van der Waals surface area contributed by atoms with Gasteiger partial charge in [-0.15, -0.1) is 11.3 Å². The zero-order chi connectivity index (χ0) is 21.7. The molecule has 1 unspecified atom stereocenters. The van der Waals surface area contributed by atoms with Crippen LogP contribution in [-0.4, -0.2) is 61.2 Å². The highest BCUT2D eigenvalue weighted by Crippen LogP contribution is 2.23. The number of hydrogen-bond acceptors (Lipinski definition) is 7. The summed E-state index contributed by atoms with van der Waals surface area (Å²) in [6.07, 6.45) is -1.90. The van der Waals surface area contributed by atoms with E-state index in [2.05, 4.69) is 12.6 Å². The first-order valence-electron chi connectivity index (χ1n) is 9.26. The van der Waals surface area contributed by atoms with Crippen LogP contribution in [0.5, 0.6) is 0 Å². The molecule has 0 bridgehead atoms. The summed E-state index contributed by atoms with van der Waals surface area (Å²) in [6, 6.07) is 10.1. The number of thiol groups is 1. The predicted molar refractivity (Wildman–Crippen MR) is 117 cm³/mol. The smallest absolute Gasteiger partial charge is 0.411 e. The van der Waals surface area contributed by atoms with Gasteiger partial charge >= 0.3 is 12.1 Å². The summed E-state index contributed by atoms with van der Waals surface area (Å²) in [5, 5.41) is 9.67. The van der Waals surface area contributed by atoms with Crippen molar-refractivity contribution < 1.29 is 29.0 Å². The average molecular weight is 451 g/mol. The highest BCUT2D eigenvalue weighted by molar-refractivity contribution is 7.80. The molecular formula is C20H22N2O6S2.